The number of carbonyl (C=O) groups is 3. The van der Waals surface area contributed by atoms with Crippen LogP contribution in [0.3, 0.4) is 0 Å². The molecule has 276 valence electrons. The number of thioether (sulfide) groups is 1. The van der Waals surface area contributed by atoms with E-state index in [4.69, 9.17) is 9.31 Å². The molecule has 0 radical (unpaired) electrons. The van der Waals surface area contributed by atoms with Gasteiger partial charge in [-0.1, -0.05) is 55.9 Å². The highest BCUT2D eigenvalue weighted by Gasteiger charge is 2.44. The van der Waals surface area contributed by atoms with Gasteiger partial charge in [0.1, 0.15) is 5.69 Å². The van der Waals surface area contributed by atoms with Gasteiger partial charge < -0.3 is 44.4 Å². The number of aromatic nitrogens is 2. The second kappa shape index (κ2) is 20.5. The average molecular weight is 758 g/mol. The van der Waals surface area contributed by atoms with Crippen molar-refractivity contribution in [2.75, 3.05) is 38.6 Å². The summed E-state index contributed by atoms with van der Waals surface area (Å²) in [5, 5.41) is 3.91. The minimum Gasteiger partial charge on any atom is -0.410 e. The van der Waals surface area contributed by atoms with Crippen molar-refractivity contribution < 1.29 is 52.4 Å². The van der Waals surface area contributed by atoms with Crippen LogP contribution in [0.15, 0.2) is 48.9 Å². The van der Waals surface area contributed by atoms with Gasteiger partial charge in [0.25, 0.3) is 5.24 Å². The number of rotatable bonds is 16. The van der Waals surface area contributed by atoms with Crippen LogP contribution in [0, 0.1) is 11.8 Å². The van der Waals surface area contributed by atoms with E-state index in [1.807, 2.05) is 44.2 Å². The smallest absolute Gasteiger partial charge is 0.410 e. The van der Waals surface area contributed by atoms with Gasteiger partial charge >= 0.3 is 22.3 Å². The van der Waals surface area contributed by atoms with Gasteiger partial charge in [0.2, 0.25) is 11.4 Å². The minimum atomic E-state index is -5.28. The molecule has 50 heavy (non-hydrogen) atoms. The molecule has 0 unspecified atom stereocenters. The number of amides is 2. The highest BCUT2D eigenvalue weighted by Crippen LogP contribution is 2.58. The first kappa shape index (κ1) is 41.9. The molecule has 0 saturated carbocycles. The largest absolute Gasteiger partial charge is 0.480 e. The predicted molar refractivity (Wildman–Crippen MR) is 188 cm³/mol. The fourth-order valence-corrected chi connectivity index (χ4v) is 8.39. The van der Waals surface area contributed by atoms with E-state index in [9.17, 15) is 43.1 Å². The molecule has 1 saturated heterocycles. The van der Waals surface area contributed by atoms with Crippen LogP contribution in [-0.2, 0) is 29.7 Å². The second-order valence-corrected chi connectivity index (χ2v) is 17.2. The molecule has 1 aromatic carbocycles. The van der Waals surface area contributed by atoms with Crippen LogP contribution < -0.4 is 10.6 Å². The minimum absolute atomic E-state index is 0.0517. The molecule has 2 heterocycles. The number of carbonyl (C=O) groups excluding carboxylic acids is 3. The van der Waals surface area contributed by atoms with E-state index < -0.39 is 44.9 Å². The van der Waals surface area contributed by atoms with E-state index in [2.05, 4.69) is 20.2 Å². The monoisotopic (exact) mass is 757 g/mol. The molecular weight excluding hydrogens is 711 g/mol. The maximum Gasteiger partial charge on any atom is 0.480 e. The van der Waals surface area contributed by atoms with Crippen LogP contribution in [-0.4, -0.2) is 109 Å². The van der Waals surface area contributed by atoms with Crippen LogP contribution in [0.1, 0.15) is 55.6 Å². The SMILES string of the molecule is CC(C)C[C@@H](NC(=O)[C@H](CC(=O)c1cnccn1)Cc1ccccc1)B1OCCCN(CCSC(=O)NC(P(=O)(O)O)P(=O)(O)O)CCCO1. The molecule has 0 aliphatic carbocycles. The maximum atomic E-state index is 13.8. The molecule has 3 rings (SSSR count). The Bertz CT molecular complexity index is 1440. The molecule has 20 heteroatoms. The van der Waals surface area contributed by atoms with Gasteiger partial charge in [-0.3, -0.25) is 28.5 Å². The topological polar surface area (TPSA) is 238 Å². The first-order chi connectivity index (χ1) is 23.6. The van der Waals surface area contributed by atoms with Crippen molar-refractivity contribution in [3.8, 4) is 0 Å². The first-order valence-electron chi connectivity index (χ1n) is 16.3. The molecule has 2 aromatic rings. The molecule has 0 bridgehead atoms. The summed E-state index contributed by atoms with van der Waals surface area (Å²) in [6.07, 6.45) is 6.37. The molecule has 1 fully saturated rings. The van der Waals surface area contributed by atoms with Crippen molar-refractivity contribution in [2.24, 2.45) is 11.8 Å². The van der Waals surface area contributed by atoms with Crippen molar-refractivity contribution in [3.05, 3.63) is 60.2 Å². The number of Topliss-reactive ketones (excluding diaryl/α,β-unsaturated/α-hetero) is 1. The zero-order valence-corrected chi connectivity index (χ0v) is 30.7. The van der Waals surface area contributed by atoms with E-state index in [-0.39, 0.29) is 35.5 Å². The Balaban J connectivity index is 1.58. The first-order valence-corrected chi connectivity index (χ1v) is 20.6. The summed E-state index contributed by atoms with van der Waals surface area (Å²) < 4.78 is 35.2. The van der Waals surface area contributed by atoms with E-state index in [1.165, 1.54) is 18.6 Å². The number of benzene rings is 1. The van der Waals surface area contributed by atoms with Crippen molar-refractivity contribution in [2.45, 2.75) is 57.4 Å². The number of nitrogens with one attached hydrogen (secondary N) is 2. The van der Waals surface area contributed by atoms with Gasteiger partial charge in [-0.2, -0.15) is 0 Å². The lowest BCUT2D eigenvalue weighted by molar-refractivity contribution is -0.125. The third-order valence-electron chi connectivity index (χ3n) is 7.68. The molecule has 2 amide bonds. The summed E-state index contributed by atoms with van der Waals surface area (Å²) in [4.78, 5) is 86.1. The Morgan fingerprint density at radius 3 is 2.18 bits per heavy atom. The zero-order valence-electron chi connectivity index (χ0n) is 28.1. The summed E-state index contributed by atoms with van der Waals surface area (Å²) in [6, 6.07) is 9.48. The van der Waals surface area contributed by atoms with Crippen LogP contribution in [0.2, 0.25) is 0 Å². The Morgan fingerprint density at radius 2 is 1.62 bits per heavy atom. The van der Waals surface area contributed by atoms with Crippen LogP contribution >= 0.6 is 27.0 Å². The normalized spacial score (nSPS) is 16.5. The van der Waals surface area contributed by atoms with Crippen molar-refractivity contribution in [1.29, 1.82) is 0 Å². The molecular formula is C30H46BN5O11P2S. The number of hydrogen-bond donors (Lipinski definition) is 6. The highest BCUT2D eigenvalue weighted by molar-refractivity contribution is 8.13. The quantitative estimate of drug-likeness (QED) is 0.0820. The third kappa shape index (κ3) is 15.0. The van der Waals surface area contributed by atoms with Crippen molar-refractivity contribution in [3.63, 3.8) is 0 Å². The lowest BCUT2D eigenvalue weighted by Crippen LogP contribution is -2.52. The van der Waals surface area contributed by atoms with Gasteiger partial charge in [0.15, 0.2) is 5.78 Å². The van der Waals surface area contributed by atoms with E-state index in [0.29, 0.717) is 70.3 Å². The molecule has 1 aromatic heterocycles. The second-order valence-electron chi connectivity index (χ2n) is 12.3. The number of nitrogens with zero attached hydrogens (tertiary/aromatic N) is 3. The highest BCUT2D eigenvalue weighted by atomic mass is 32.2. The van der Waals surface area contributed by atoms with E-state index in [0.717, 1.165) is 5.56 Å². The standard InChI is InChI=1S/C30H46BN5O11P2S/c1-22(2)18-27(34-28(38)24(19-23-8-4-3-5-9-23)20-26(37)25-21-32-10-11-33-25)31-46-15-6-12-36(13-7-16-47-31)14-17-50-29(39)35-30(48(40,41)42)49(43,44)45/h3-5,8-11,21-22,24,27,30H,6-7,12-20H2,1-2H3,(H,34,38)(H,35,39)(H2,40,41,42)(H2,43,44,45)/t24-,27+/m0/s1. The average Bonchev–Trinajstić information content (AvgIpc) is 3.05. The molecule has 1 aliphatic rings. The Hall–Kier alpha value is -2.50. The van der Waals surface area contributed by atoms with E-state index in [1.54, 1.807) is 5.32 Å². The summed E-state index contributed by atoms with van der Waals surface area (Å²) in [5.41, 5.74) is -1.49. The number of hydrogen-bond acceptors (Lipinski definition) is 11. The number of ketones is 1. The van der Waals surface area contributed by atoms with Crippen LogP contribution in [0.5, 0.6) is 0 Å². The summed E-state index contributed by atoms with van der Waals surface area (Å²) in [7, 11) is -11.3. The Morgan fingerprint density at radius 1 is 0.980 bits per heavy atom. The zero-order chi connectivity index (χ0) is 36.7. The van der Waals surface area contributed by atoms with Crippen molar-refractivity contribution >= 4 is 51.0 Å². The molecule has 2 atom stereocenters. The summed E-state index contributed by atoms with van der Waals surface area (Å²) in [6.45, 7) is 6.31. The van der Waals surface area contributed by atoms with Crippen molar-refractivity contribution in [1.82, 2.24) is 25.5 Å². The molecule has 16 nitrogen and oxygen atoms in total. The third-order valence-corrected chi connectivity index (χ3v) is 11.8. The van der Waals surface area contributed by atoms with Gasteiger partial charge in [-0.25, -0.2) is 4.98 Å². The van der Waals surface area contributed by atoms with Crippen LogP contribution in [0.4, 0.5) is 4.79 Å². The fraction of sp³-hybridized carbons (Fsp3) is 0.567. The maximum absolute atomic E-state index is 13.8. The predicted octanol–water partition coefficient (Wildman–Crippen LogP) is 2.68. The Labute approximate surface area is 296 Å². The van der Waals surface area contributed by atoms with E-state index >= 15 is 0 Å². The van der Waals surface area contributed by atoms with Gasteiger partial charge in [0.05, 0.1) is 12.1 Å². The fourth-order valence-electron chi connectivity index (χ4n) is 5.34. The summed E-state index contributed by atoms with van der Waals surface area (Å²) in [5.74, 6) is -1.33. The molecule has 6 N–H and O–H groups in total. The van der Waals surface area contributed by atoms with Gasteiger partial charge in [0, 0.05) is 63.3 Å². The Kier molecular flexibility index (Phi) is 17.2. The molecule has 1 aliphatic heterocycles. The lowest BCUT2D eigenvalue weighted by Gasteiger charge is -2.30. The lowest BCUT2D eigenvalue weighted by atomic mass is 9.73. The van der Waals surface area contributed by atoms with Gasteiger partial charge in [-0.05, 0) is 37.2 Å². The molecule has 0 spiro atoms. The summed E-state index contributed by atoms with van der Waals surface area (Å²) >= 11 is 0.664. The van der Waals surface area contributed by atoms with Gasteiger partial charge in [-0.15, -0.1) is 0 Å². The van der Waals surface area contributed by atoms with Crippen LogP contribution in [0.25, 0.3) is 0 Å².